The van der Waals surface area contributed by atoms with Gasteiger partial charge in [-0.2, -0.15) is 0 Å². The van der Waals surface area contributed by atoms with Crippen LogP contribution in [0.2, 0.25) is 10.0 Å². The Morgan fingerprint density at radius 1 is 1.05 bits per heavy atom. The second kappa shape index (κ2) is 6.09. The molecule has 1 aliphatic carbocycles. The summed E-state index contributed by atoms with van der Waals surface area (Å²) in [6, 6.07) is 14.7. The third kappa shape index (κ3) is 2.90. The van der Waals surface area contributed by atoms with Crippen molar-refractivity contribution in [3.05, 3.63) is 69.2 Å². The molecule has 3 heteroatoms. The normalized spacial score (nSPS) is 21.6. The molecule has 0 N–H and O–H groups in total. The van der Waals surface area contributed by atoms with Crippen molar-refractivity contribution in [1.82, 2.24) is 0 Å². The van der Waals surface area contributed by atoms with Gasteiger partial charge >= 0.3 is 0 Å². The molecule has 2 aromatic rings. The van der Waals surface area contributed by atoms with E-state index in [1.807, 2.05) is 12.1 Å². The van der Waals surface area contributed by atoms with Crippen molar-refractivity contribution in [3.8, 4) is 0 Å². The standard InChI is InChI=1S/C17H15BrCl2/c18-17-13(7-6-12-3-1-2-4-14(12)17)9-11-5-8-15(19)16(20)10-11/h1-5,8,10,13,17H,6-7,9H2. The molecule has 0 aromatic heterocycles. The van der Waals surface area contributed by atoms with Gasteiger partial charge in [-0.25, -0.2) is 0 Å². The first-order valence-corrected chi connectivity index (χ1v) is 8.48. The van der Waals surface area contributed by atoms with Gasteiger partial charge in [0.05, 0.1) is 10.0 Å². The van der Waals surface area contributed by atoms with E-state index in [0.29, 0.717) is 20.8 Å². The van der Waals surface area contributed by atoms with Crippen molar-refractivity contribution in [3.63, 3.8) is 0 Å². The first kappa shape index (κ1) is 14.4. The lowest BCUT2D eigenvalue weighted by Crippen LogP contribution is -2.18. The van der Waals surface area contributed by atoms with E-state index in [1.165, 1.54) is 23.1 Å². The minimum Gasteiger partial charge on any atom is -0.0836 e. The summed E-state index contributed by atoms with van der Waals surface area (Å²) in [5.74, 6) is 0.599. The largest absolute Gasteiger partial charge is 0.0836 e. The van der Waals surface area contributed by atoms with E-state index in [1.54, 1.807) is 0 Å². The van der Waals surface area contributed by atoms with Gasteiger partial charge in [-0.15, -0.1) is 0 Å². The topological polar surface area (TPSA) is 0 Å². The van der Waals surface area contributed by atoms with Crippen LogP contribution in [0, 0.1) is 5.92 Å². The second-order valence-electron chi connectivity index (χ2n) is 5.35. The van der Waals surface area contributed by atoms with Gasteiger partial charge in [0.25, 0.3) is 0 Å². The van der Waals surface area contributed by atoms with Crippen LogP contribution in [0.4, 0.5) is 0 Å². The lowest BCUT2D eigenvalue weighted by atomic mass is 9.81. The number of alkyl halides is 1. The number of hydrogen-bond donors (Lipinski definition) is 0. The third-order valence-electron chi connectivity index (χ3n) is 4.03. The van der Waals surface area contributed by atoms with Crippen molar-refractivity contribution in [2.24, 2.45) is 5.92 Å². The van der Waals surface area contributed by atoms with Crippen molar-refractivity contribution in [2.75, 3.05) is 0 Å². The summed E-state index contributed by atoms with van der Waals surface area (Å²) < 4.78 is 0. The Morgan fingerprint density at radius 2 is 1.85 bits per heavy atom. The lowest BCUT2D eigenvalue weighted by molar-refractivity contribution is 0.452. The van der Waals surface area contributed by atoms with E-state index < -0.39 is 0 Å². The first-order valence-electron chi connectivity index (χ1n) is 6.81. The van der Waals surface area contributed by atoms with Gasteiger partial charge in [-0.05, 0) is 54.0 Å². The van der Waals surface area contributed by atoms with Crippen molar-refractivity contribution in [2.45, 2.75) is 24.1 Å². The van der Waals surface area contributed by atoms with Gasteiger partial charge < -0.3 is 0 Å². The van der Waals surface area contributed by atoms with Crippen LogP contribution >= 0.6 is 39.1 Å². The van der Waals surface area contributed by atoms with Gasteiger partial charge in [-0.1, -0.05) is 69.5 Å². The molecule has 104 valence electrons. The van der Waals surface area contributed by atoms with Gasteiger partial charge in [-0.3, -0.25) is 0 Å². The average molecular weight is 370 g/mol. The number of halogens is 3. The highest BCUT2D eigenvalue weighted by Gasteiger charge is 2.27. The fourth-order valence-corrected chi connectivity index (χ4v) is 4.17. The van der Waals surface area contributed by atoms with Gasteiger partial charge in [0, 0.05) is 4.83 Å². The van der Waals surface area contributed by atoms with Crippen LogP contribution in [0.1, 0.15) is 27.9 Å². The highest BCUT2D eigenvalue weighted by Crippen LogP contribution is 2.42. The summed E-state index contributed by atoms with van der Waals surface area (Å²) in [7, 11) is 0. The lowest BCUT2D eigenvalue weighted by Gasteiger charge is -2.30. The second-order valence-corrected chi connectivity index (χ2v) is 7.15. The molecule has 2 aromatic carbocycles. The Hall–Kier alpha value is -0.500. The molecule has 20 heavy (non-hydrogen) atoms. The number of aryl methyl sites for hydroxylation is 1. The summed E-state index contributed by atoms with van der Waals surface area (Å²) in [6.45, 7) is 0. The molecule has 0 fully saturated rings. The zero-order chi connectivity index (χ0) is 14.1. The Bertz CT molecular complexity index is 624. The minimum atomic E-state index is 0.418. The van der Waals surface area contributed by atoms with Crippen LogP contribution in [0.5, 0.6) is 0 Å². The number of rotatable bonds is 2. The maximum Gasteiger partial charge on any atom is 0.0595 e. The van der Waals surface area contributed by atoms with E-state index in [2.05, 4.69) is 46.3 Å². The molecule has 0 nitrogen and oxygen atoms in total. The molecule has 2 unspecified atom stereocenters. The Labute approximate surface area is 138 Å². The molecule has 0 radical (unpaired) electrons. The van der Waals surface area contributed by atoms with Crippen LogP contribution in [0.15, 0.2) is 42.5 Å². The maximum atomic E-state index is 6.11. The van der Waals surface area contributed by atoms with Crippen molar-refractivity contribution in [1.29, 1.82) is 0 Å². The van der Waals surface area contributed by atoms with Crippen LogP contribution in [-0.4, -0.2) is 0 Å². The molecule has 0 aliphatic heterocycles. The van der Waals surface area contributed by atoms with E-state index in [9.17, 15) is 0 Å². The molecule has 0 saturated carbocycles. The first-order chi connectivity index (χ1) is 9.65. The molecule has 3 rings (SSSR count). The predicted molar refractivity (Wildman–Crippen MR) is 90.1 cm³/mol. The Kier molecular flexibility index (Phi) is 4.40. The zero-order valence-corrected chi connectivity index (χ0v) is 14.0. The molecule has 0 heterocycles. The Morgan fingerprint density at radius 3 is 2.65 bits per heavy atom. The number of hydrogen-bond acceptors (Lipinski definition) is 0. The highest BCUT2D eigenvalue weighted by molar-refractivity contribution is 9.09. The monoisotopic (exact) mass is 368 g/mol. The summed E-state index contributed by atoms with van der Waals surface area (Å²) >= 11 is 16.0. The van der Waals surface area contributed by atoms with Crippen LogP contribution < -0.4 is 0 Å². The molecule has 0 spiro atoms. The van der Waals surface area contributed by atoms with Crippen LogP contribution in [0.25, 0.3) is 0 Å². The third-order valence-corrected chi connectivity index (χ3v) is 6.01. The molecular formula is C17H15BrCl2. The summed E-state index contributed by atoms with van der Waals surface area (Å²) in [5.41, 5.74) is 4.16. The van der Waals surface area contributed by atoms with Crippen molar-refractivity contribution < 1.29 is 0 Å². The van der Waals surface area contributed by atoms with Gasteiger partial charge in [0.15, 0.2) is 0 Å². The molecule has 2 atom stereocenters. The number of benzene rings is 2. The SMILES string of the molecule is Clc1ccc(CC2CCc3ccccc3C2Br)cc1Cl. The molecular weight excluding hydrogens is 355 g/mol. The van der Waals surface area contributed by atoms with E-state index in [4.69, 9.17) is 23.2 Å². The predicted octanol–water partition coefficient (Wildman–Crippen LogP) is 6.23. The number of fused-ring (bicyclic) bond motifs is 1. The minimum absolute atomic E-state index is 0.418. The zero-order valence-electron chi connectivity index (χ0n) is 11.0. The quantitative estimate of drug-likeness (QED) is 0.550. The average Bonchev–Trinajstić information content (AvgIpc) is 2.46. The molecule has 0 amide bonds. The fourth-order valence-electron chi connectivity index (χ4n) is 2.95. The fraction of sp³-hybridized carbons (Fsp3) is 0.294. The Balaban J connectivity index is 1.81. The highest BCUT2D eigenvalue weighted by atomic mass is 79.9. The summed E-state index contributed by atoms with van der Waals surface area (Å²) in [6.07, 6.45) is 3.39. The van der Waals surface area contributed by atoms with Gasteiger partial charge in [0.1, 0.15) is 0 Å². The maximum absolute atomic E-state index is 6.11. The van der Waals surface area contributed by atoms with Crippen molar-refractivity contribution >= 4 is 39.1 Å². The molecule has 1 aliphatic rings. The molecule has 0 bridgehead atoms. The van der Waals surface area contributed by atoms with Gasteiger partial charge in [0.2, 0.25) is 0 Å². The molecule has 0 saturated heterocycles. The van der Waals surface area contributed by atoms with Crippen LogP contribution in [0.3, 0.4) is 0 Å². The van der Waals surface area contributed by atoms with E-state index >= 15 is 0 Å². The smallest absolute Gasteiger partial charge is 0.0595 e. The van der Waals surface area contributed by atoms with E-state index in [0.717, 1.165) is 12.8 Å². The van der Waals surface area contributed by atoms with Crippen LogP contribution in [-0.2, 0) is 12.8 Å². The van der Waals surface area contributed by atoms with E-state index in [-0.39, 0.29) is 0 Å². The summed E-state index contributed by atoms with van der Waals surface area (Å²) in [4.78, 5) is 0.418. The summed E-state index contributed by atoms with van der Waals surface area (Å²) in [5, 5.41) is 1.27.